The van der Waals surface area contributed by atoms with Crippen molar-refractivity contribution >= 4 is 17.6 Å². The summed E-state index contributed by atoms with van der Waals surface area (Å²) in [7, 11) is 0. The Morgan fingerprint density at radius 1 is 1.35 bits per heavy atom. The summed E-state index contributed by atoms with van der Waals surface area (Å²) < 4.78 is 0. The maximum atomic E-state index is 11.6. The summed E-state index contributed by atoms with van der Waals surface area (Å²) in [5, 5.41) is 0. The summed E-state index contributed by atoms with van der Waals surface area (Å²) in [6.45, 7) is 0.287. The molecule has 0 unspecified atom stereocenters. The number of pyridine rings is 1. The molecule has 0 aliphatic carbocycles. The number of carbonyl (C=O) groups is 2. The summed E-state index contributed by atoms with van der Waals surface area (Å²) in [5.74, 6) is 5.54. The molecule has 17 heavy (non-hydrogen) atoms. The largest absolute Gasteiger partial charge is 0.308 e. The molecule has 1 aliphatic heterocycles. The number of hydrogen-bond donors (Lipinski definition) is 2. The molecule has 1 aromatic heterocycles. The standard InChI is InChI=1S/C11H14N4O2/c12-14-9-6-8(4-5-13-9)7-15-10(16)2-1-3-11(15)17/h4-6H,1-3,7,12H2,(H,13,14). The predicted molar refractivity (Wildman–Crippen MR) is 61.5 cm³/mol. The van der Waals surface area contributed by atoms with Crippen molar-refractivity contribution in [1.29, 1.82) is 0 Å². The van der Waals surface area contributed by atoms with Crippen LogP contribution in [0.3, 0.4) is 0 Å². The highest BCUT2D eigenvalue weighted by molar-refractivity contribution is 5.97. The number of nitrogens with zero attached hydrogens (tertiary/aromatic N) is 2. The fourth-order valence-electron chi connectivity index (χ4n) is 1.81. The van der Waals surface area contributed by atoms with Crippen LogP contribution in [0.25, 0.3) is 0 Å². The highest BCUT2D eigenvalue weighted by atomic mass is 16.2. The van der Waals surface area contributed by atoms with Gasteiger partial charge in [-0.1, -0.05) is 0 Å². The minimum absolute atomic E-state index is 0.111. The summed E-state index contributed by atoms with van der Waals surface area (Å²) >= 11 is 0. The fourth-order valence-corrected chi connectivity index (χ4v) is 1.81. The number of rotatable bonds is 3. The Labute approximate surface area is 98.8 Å². The zero-order valence-electron chi connectivity index (χ0n) is 9.35. The molecule has 0 saturated carbocycles. The third-order valence-electron chi connectivity index (χ3n) is 2.70. The second-order valence-corrected chi connectivity index (χ2v) is 3.92. The van der Waals surface area contributed by atoms with Gasteiger partial charge in [0.15, 0.2) is 0 Å². The van der Waals surface area contributed by atoms with Crippen molar-refractivity contribution in [3.05, 3.63) is 23.9 Å². The van der Waals surface area contributed by atoms with Crippen molar-refractivity contribution in [2.75, 3.05) is 5.43 Å². The first kappa shape index (κ1) is 11.5. The molecule has 0 aromatic carbocycles. The molecule has 2 amide bonds. The first-order valence-electron chi connectivity index (χ1n) is 5.45. The number of likely N-dealkylation sites (tertiary alicyclic amines) is 1. The van der Waals surface area contributed by atoms with Crippen molar-refractivity contribution in [2.45, 2.75) is 25.8 Å². The summed E-state index contributed by atoms with van der Waals surface area (Å²) in [4.78, 5) is 28.5. The van der Waals surface area contributed by atoms with Crippen LogP contribution in [0.1, 0.15) is 24.8 Å². The molecular formula is C11H14N4O2. The Balaban J connectivity index is 2.13. The lowest BCUT2D eigenvalue weighted by atomic mass is 10.1. The van der Waals surface area contributed by atoms with Gasteiger partial charge in [-0.15, -0.1) is 0 Å². The van der Waals surface area contributed by atoms with E-state index in [1.807, 2.05) is 0 Å². The second-order valence-electron chi connectivity index (χ2n) is 3.92. The molecular weight excluding hydrogens is 220 g/mol. The number of nitrogens with two attached hydrogens (primary N) is 1. The van der Waals surface area contributed by atoms with Crippen molar-refractivity contribution < 1.29 is 9.59 Å². The van der Waals surface area contributed by atoms with Crippen LogP contribution in [-0.4, -0.2) is 21.7 Å². The van der Waals surface area contributed by atoms with Crippen LogP contribution in [0.5, 0.6) is 0 Å². The Bertz CT molecular complexity index is 431. The average molecular weight is 234 g/mol. The van der Waals surface area contributed by atoms with E-state index in [2.05, 4.69) is 10.4 Å². The molecule has 0 radical (unpaired) electrons. The number of nitrogens with one attached hydrogen (secondary N) is 1. The van der Waals surface area contributed by atoms with Crippen molar-refractivity contribution in [1.82, 2.24) is 9.88 Å². The molecule has 0 bridgehead atoms. The predicted octanol–water partition coefficient (Wildman–Crippen LogP) is 0.406. The minimum atomic E-state index is -0.111. The second kappa shape index (κ2) is 4.92. The summed E-state index contributed by atoms with van der Waals surface area (Å²) in [5.41, 5.74) is 3.26. The molecule has 6 heteroatoms. The monoisotopic (exact) mass is 234 g/mol. The SMILES string of the molecule is NNc1cc(CN2C(=O)CCCC2=O)ccn1. The van der Waals surface area contributed by atoms with E-state index in [9.17, 15) is 9.59 Å². The molecule has 6 nitrogen and oxygen atoms in total. The van der Waals surface area contributed by atoms with E-state index in [1.54, 1.807) is 18.3 Å². The van der Waals surface area contributed by atoms with Gasteiger partial charge in [0.05, 0.1) is 6.54 Å². The summed E-state index contributed by atoms with van der Waals surface area (Å²) in [6, 6.07) is 3.48. The van der Waals surface area contributed by atoms with E-state index < -0.39 is 0 Å². The molecule has 2 heterocycles. The number of piperidine rings is 1. The smallest absolute Gasteiger partial charge is 0.229 e. The van der Waals surface area contributed by atoms with Gasteiger partial charge < -0.3 is 5.43 Å². The van der Waals surface area contributed by atoms with Gasteiger partial charge >= 0.3 is 0 Å². The zero-order chi connectivity index (χ0) is 12.3. The van der Waals surface area contributed by atoms with Crippen LogP contribution in [0, 0.1) is 0 Å². The molecule has 1 fully saturated rings. The molecule has 90 valence electrons. The molecule has 0 atom stereocenters. The van der Waals surface area contributed by atoms with Gasteiger partial charge in [-0.3, -0.25) is 14.5 Å². The first-order chi connectivity index (χ1) is 8.20. The lowest BCUT2D eigenvalue weighted by molar-refractivity contribution is -0.148. The summed E-state index contributed by atoms with van der Waals surface area (Å²) in [6.07, 6.45) is 3.13. The Morgan fingerprint density at radius 3 is 2.71 bits per heavy atom. The van der Waals surface area contributed by atoms with E-state index in [1.165, 1.54) is 4.90 Å². The van der Waals surface area contributed by atoms with Crippen LogP contribution >= 0.6 is 0 Å². The topological polar surface area (TPSA) is 88.3 Å². The van der Waals surface area contributed by atoms with Gasteiger partial charge in [0.2, 0.25) is 11.8 Å². The molecule has 1 aromatic rings. The maximum Gasteiger partial charge on any atom is 0.229 e. The number of hydrogen-bond acceptors (Lipinski definition) is 5. The van der Waals surface area contributed by atoms with E-state index in [0.29, 0.717) is 25.1 Å². The highest BCUT2D eigenvalue weighted by Gasteiger charge is 2.25. The molecule has 2 rings (SSSR count). The fraction of sp³-hybridized carbons (Fsp3) is 0.364. The van der Waals surface area contributed by atoms with Gasteiger partial charge in [-0.25, -0.2) is 10.8 Å². The van der Waals surface area contributed by atoms with Gasteiger partial charge in [0, 0.05) is 19.0 Å². The van der Waals surface area contributed by atoms with Crippen LogP contribution in [0.4, 0.5) is 5.82 Å². The van der Waals surface area contributed by atoms with Crippen molar-refractivity contribution in [3.63, 3.8) is 0 Å². The van der Waals surface area contributed by atoms with Gasteiger partial charge in [0.25, 0.3) is 0 Å². The number of amides is 2. The van der Waals surface area contributed by atoms with Gasteiger partial charge in [-0.05, 0) is 24.1 Å². The maximum absolute atomic E-state index is 11.6. The van der Waals surface area contributed by atoms with E-state index >= 15 is 0 Å². The number of carbonyl (C=O) groups excluding carboxylic acids is 2. The first-order valence-corrected chi connectivity index (χ1v) is 5.45. The van der Waals surface area contributed by atoms with E-state index in [4.69, 9.17) is 5.84 Å². The molecule has 3 N–H and O–H groups in total. The third kappa shape index (κ3) is 2.59. The number of nitrogen functional groups attached to an aromatic ring is 1. The molecule has 1 saturated heterocycles. The van der Waals surface area contributed by atoms with E-state index in [0.717, 1.165) is 5.56 Å². The zero-order valence-corrected chi connectivity index (χ0v) is 9.35. The average Bonchev–Trinajstić information content (AvgIpc) is 2.34. The number of aromatic nitrogens is 1. The highest BCUT2D eigenvalue weighted by Crippen LogP contribution is 2.16. The Kier molecular flexibility index (Phi) is 3.34. The third-order valence-corrected chi connectivity index (χ3v) is 2.70. The lowest BCUT2D eigenvalue weighted by Crippen LogP contribution is -2.39. The van der Waals surface area contributed by atoms with Gasteiger partial charge in [-0.2, -0.15) is 0 Å². The van der Waals surface area contributed by atoms with Crippen LogP contribution in [0.15, 0.2) is 18.3 Å². The van der Waals surface area contributed by atoms with Gasteiger partial charge in [0.1, 0.15) is 5.82 Å². The lowest BCUT2D eigenvalue weighted by Gasteiger charge is -2.24. The van der Waals surface area contributed by atoms with Crippen LogP contribution in [0.2, 0.25) is 0 Å². The molecule has 1 aliphatic rings. The quantitative estimate of drug-likeness (QED) is 0.449. The van der Waals surface area contributed by atoms with E-state index in [-0.39, 0.29) is 18.4 Å². The Hall–Kier alpha value is -1.95. The number of imide groups is 1. The van der Waals surface area contributed by atoms with Crippen molar-refractivity contribution in [2.24, 2.45) is 5.84 Å². The normalized spacial score (nSPS) is 16.2. The minimum Gasteiger partial charge on any atom is -0.308 e. The van der Waals surface area contributed by atoms with Crippen LogP contribution in [-0.2, 0) is 16.1 Å². The van der Waals surface area contributed by atoms with Crippen LogP contribution < -0.4 is 11.3 Å². The number of anilines is 1. The number of hydrazine groups is 1. The molecule has 0 spiro atoms. The Morgan fingerprint density at radius 2 is 2.06 bits per heavy atom. The van der Waals surface area contributed by atoms with Crippen molar-refractivity contribution in [3.8, 4) is 0 Å².